The largest absolute Gasteiger partial charge is 0.493 e. The number of likely N-dealkylation sites (N-methyl/N-ethyl adjacent to an activating group) is 1. The molecule has 0 saturated carbocycles. The predicted molar refractivity (Wildman–Crippen MR) is 119 cm³/mol. The van der Waals surface area contributed by atoms with Gasteiger partial charge in [0.1, 0.15) is 6.54 Å². The normalized spacial score (nSPS) is 18.7. The second-order valence-corrected chi connectivity index (χ2v) is 8.46. The number of carbonyl (C=O) groups is 1. The standard InChI is InChI=1S/C24H31ClN2O3/c1-26(13-10-18-6-9-22(29-2)23(16-18)30-3)24(28)20-11-14-27(15-12-20)17-19-4-7-21(25)8-5-19/h4-9,16,20H,10-15,17H2,1-3H3/p+1. The SMILES string of the molecule is COc1ccc(CCN(C)C(=O)C2CC[NH+](Cc3ccc(Cl)cc3)CC2)cc1OC. The van der Waals surface area contributed by atoms with Crippen molar-refractivity contribution in [3.05, 3.63) is 58.6 Å². The molecule has 0 aliphatic carbocycles. The Hall–Kier alpha value is -2.24. The van der Waals surface area contributed by atoms with Crippen LogP contribution >= 0.6 is 11.6 Å². The van der Waals surface area contributed by atoms with Crippen molar-refractivity contribution in [2.24, 2.45) is 5.92 Å². The molecule has 2 aromatic rings. The van der Waals surface area contributed by atoms with Crippen LogP contribution in [0.5, 0.6) is 11.5 Å². The van der Waals surface area contributed by atoms with Gasteiger partial charge in [0.05, 0.1) is 27.3 Å². The van der Waals surface area contributed by atoms with Crippen LogP contribution in [0.15, 0.2) is 42.5 Å². The first kappa shape index (κ1) is 22.4. The number of quaternary nitrogens is 1. The highest BCUT2D eigenvalue weighted by Gasteiger charge is 2.29. The highest BCUT2D eigenvalue weighted by molar-refractivity contribution is 6.30. The minimum Gasteiger partial charge on any atom is -0.493 e. The molecule has 1 amide bonds. The molecule has 162 valence electrons. The van der Waals surface area contributed by atoms with E-state index in [2.05, 4.69) is 12.1 Å². The molecular formula is C24H32ClN2O3+. The zero-order chi connectivity index (χ0) is 21.5. The predicted octanol–water partition coefficient (Wildman–Crippen LogP) is 2.85. The molecule has 0 radical (unpaired) electrons. The van der Waals surface area contributed by atoms with E-state index in [0.29, 0.717) is 6.54 Å². The minimum atomic E-state index is 0.134. The third kappa shape index (κ3) is 5.89. The van der Waals surface area contributed by atoms with Crippen molar-refractivity contribution >= 4 is 17.5 Å². The number of piperidine rings is 1. The van der Waals surface area contributed by atoms with E-state index in [1.54, 1.807) is 14.2 Å². The van der Waals surface area contributed by atoms with Crippen LogP contribution in [-0.4, -0.2) is 51.7 Å². The zero-order valence-electron chi connectivity index (χ0n) is 18.1. The molecule has 0 atom stereocenters. The summed E-state index contributed by atoms with van der Waals surface area (Å²) in [5.74, 6) is 1.84. The first-order valence-corrected chi connectivity index (χ1v) is 10.9. The second-order valence-electron chi connectivity index (χ2n) is 8.03. The van der Waals surface area contributed by atoms with E-state index in [9.17, 15) is 4.79 Å². The van der Waals surface area contributed by atoms with Crippen molar-refractivity contribution in [2.75, 3.05) is 40.9 Å². The monoisotopic (exact) mass is 431 g/mol. The van der Waals surface area contributed by atoms with E-state index in [1.807, 2.05) is 42.3 Å². The number of rotatable bonds is 8. The number of carbonyl (C=O) groups excluding carboxylic acids is 1. The average molecular weight is 432 g/mol. The lowest BCUT2D eigenvalue weighted by atomic mass is 9.95. The maximum absolute atomic E-state index is 12.9. The average Bonchev–Trinajstić information content (AvgIpc) is 2.78. The molecule has 1 N–H and O–H groups in total. The Labute approximate surface area is 184 Å². The summed E-state index contributed by atoms with van der Waals surface area (Å²) in [7, 11) is 5.18. The number of nitrogens with one attached hydrogen (secondary N) is 1. The molecule has 6 heteroatoms. The number of hydrogen-bond donors (Lipinski definition) is 1. The van der Waals surface area contributed by atoms with Crippen LogP contribution in [0.4, 0.5) is 0 Å². The molecule has 2 aromatic carbocycles. The molecule has 0 aromatic heterocycles. The van der Waals surface area contributed by atoms with Gasteiger partial charge >= 0.3 is 0 Å². The molecule has 30 heavy (non-hydrogen) atoms. The summed E-state index contributed by atoms with van der Waals surface area (Å²) < 4.78 is 10.7. The van der Waals surface area contributed by atoms with Crippen molar-refractivity contribution in [3.8, 4) is 11.5 Å². The summed E-state index contributed by atoms with van der Waals surface area (Å²) in [6.07, 6.45) is 2.69. The first-order chi connectivity index (χ1) is 14.5. The summed E-state index contributed by atoms with van der Waals surface area (Å²) in [5.41, 5.74) is 2.43. The van der Waals surface area contributed by atoms with Gasteiger partial charge in [-0.25, -0.2) is 0 Å². The number of hydrogen-bond acceptors (Lipinski definition) is 3. The summed E-state index contributed by atoms with van der Waals surface area (Å²) in [4.78, 5) is 16.3. The van der Waals surface area contributed by atoms with Crippen LogP contribution in [0, 0.1) is 5.92 Å². The number of methoxy groups -OCH3 is 2. The van der Waals surface area contributed by atoms with Crippen molar-refractivity contribution in [1.82, 2.24) is 4.90 Å². The number of ether oxygens (including phenoxy) is 2. The van der Waals surface area contributed by atoms with Crippen LogP contribution in [0.25, 0.3) is 0 Å². The lowest BCUT2D eigenvalue weighted by molar-refractivity contribution is -0.919. The Kier molecular flexibility index (Phi) is 8.00. The van der Waals surface area contributed by atoms with Crippen LogP contribution in [0.2, 0.25) is 5.02 Å². The molecule has 1 fully saturated rings. The highest BCUT2D eigenvalue weighted by Crippen LogP contribution is 2.27. The summed E-state index contributed by atoms with van der Waals surface area (Å²) in [6.45, 7) is 3.75. The van der Waals surface area contributed by atoms with Gasteiger partial charge in [-0.15, -0.1) is 0 Å². The van der Waals surface area contributed by atoms with Gasteiger partial charge in [0.15, 0.2) is 11.5 Å². The van der Waals surface area contributed by atoms with Crippen molar-refractivity contribution in [1.29, 1.82) is 0 Å². The number of nitrogens with zero attached hydrogens (tertiary/aromatic N) is 1. The third-order valence-corrected chi connectivity index (χ3v) is 6.22. The maximum atomic E-state index is 12.9. The van der Waals surface area contributed by atoms with E-state index in [0.717, 1.165) is 61.0 Å². The van der Waals surface area contributed by atoms with Crippen molar-refractivity contribution in [3.63, 3.8) is 0 Å². The Bertz CT molecular complexity index is 833. The Morgan fingerprint density at radius 1 is 1.03 bits per heavy atom. The van der Waals surface area contributed by atoms with E-state index >= 15 is 0 Å². The van der Waals surface area contributed by atoms with Crippen LogP contribution in [0.1, 0.15) is 24.0 Å². The number of amides is 1. The van der Waals surface area contributed by atoms with E-state index in [1.165, 1.54) is 10.5 Å². The molecule has 1 saturated heterocycles. The second kappa shape index (κ2) is 10.7. The molecule has 5 nitrogen and oxygen atoms in total. The lowest BCUT2D eigenvalue weighted by Gasteiger charge is -2.31. The fourth-order valence-electron chi connectivity index (χ4n) is 4.10. The fourth-order valence-corrected chi connectivity index (χ4v) is 4.22. The van der Waals surface area contributed by atoms with Crippen molar-refractivity contribution in [2.45, 2.75) is 25.8 Å². The summed E-state index contributed by atoms with van der Waals surface area (Å²) in [6, 6.07) is 14.0. The number of likely N-dealkylation sites (tertiary alicyclic amines) is 1. The van der Waals surface area contributed by atoms with Crippen LogP contribution in [0.3, 0.4) is 0 Å². The van der Waals surface area contributed by atoms with Gasteiger partial charge in [0.2, 0.25) is 5.91 Å². The molecular weight excluding hydrogens is 400 g/mol. The maximum Gasteiger partial charge on any atom is 0.225 e. The van der Waals surface area contributed by atoms with Gasteiger partial charge in [-0.3, -0.25) is 4.79 Å². The quantitative estimate of drug-likeness (QED) is 0.699. The number of benzene rings is 2. The van der Waals surface area contributed by atoms with E-state index in [4.69, 9.17) is 21.1 Å². The highest BCUT2D eigenvalue weighted by atomic mass is 35.5. The fraction of sp³-hybridized carbons (Fsp3) is 0.458. The van der Waals surface area contributed by atoms with Gasteiger partial charge in [-0.05, 0) is 36.2 Å². The van der Waals surface area contributed by atoms with Gasteiger partial charge in [-0.2, -0.15) is 0 Å². The van der Waals surface area contributed by atoms with Gasteiger partial charge in [0, 0.05) is 42.9 Å². The molecule has 1 aliphatic heterocycles. The summed E-state index contributed by atoms with van der Waals surface area (Å²) >= 11 is 5.97. The van der Waals surface area contributed by atoms with Crippen molar-refractivity contribution < 1.29 is 19.2 Å². The van der Waals surface area contributed by atoms with E-state index in [-0.39, 0.29) is 11.8 Å². The van der Waals surface area contributed by atoms with E-state index < -0.39 is 0 Å². The Morgan fingerprint density at radius 3 is 2.30 bits per heavy atom. The smallest absolute Gasteiger partial charge is 0.225 e. The Balaban J connectivity index is 1.45. The Morgan fingerprint density at radius 2 is 1.67 bits per heavy atom. The first-order valence-electron chi connectivity index (χ1n) is 10.5. The minimum absolute atomic E-state index is 0.134. The topological polar surface area (TPSA) is 43.2 Å². The van der Waals surface area contributed by atoms with Crippen LogP contribution < -0.4 is 14.4 Å². The van der Waals surface area contributed by atoms with Gasteiger partial charge in [0.25, 0.3) is 0 Å². The zero-order valence-corrected chi connectivity index (χ0v) is 18.9. The third-order valence-electron chi connectivity index (χ3n) is 5.97. The van der Waals surface area contributed by atoms with Crippen LogP contribution in [-0.2, 0) is 17.8 Å². The lowest BCUT2D eigenvalue weighted by Crippen LogP contribution is -3.11. The number of halogens is 1. The summed E-state index contributed by atoms with van der Waals surface area (Å²) in [5, 5.41) is 0.772. The molecule has 3 rings (SSSR count). The molecule has 0 spiro atoms. The molecule has 1 heterocycles. The molecule has 1 aliphatic rings. The molecule has 0 unspecified atom stereocenters. The van der Waals surface area contributed by atoms with Gasteiger partial charge < -0.3 is 19.3 Å². The van der Waals surface area contributed by atoms with Gasteiger partial charge in [-0.1, -0.05) is 29.8 Å². The molecule has 0 bridgehead atoms.